The van der Waals surface area contributed by atoms with Gasteiger partial charge in [-0.25, -0.2) is 4.79 Å². The summed E-state index contributed by atoms with van der Waals surface area (Å²) in [5.41, 5.74) is -1.03. The number of furan rings is 1. The maximum atomic E-state index is 12.3. The van der Waals surface area contributed by atoms with E-state index in [9.17, 15) is 9.59 Å². The van der Waals surface area contributed by atoms with Crippen LogP contribution >= 0.6 is 0 Å². The number of ether oxygens (including phenoxy) is 1. The summed E-state index contributed by atoms with van der Waals surface area (Å²) >= 11 is 0. The predicted octanol–water partition coefficient (Wildman–Crippen LogP) is 1.60. The van der Waals surface area contributed by atoms with Crippen molar-refractivity contribution in [2.24, 2.45) is 0 Å². The second-order valence-corrected chi connectivity index (χ2v) is 4.83. The molecule has 1 aromatic rings. The van der Waals surface area contributed by atoms with Gasteiger partial charge in [0, 0.05) is 6.54 Å². The number of nitrogens with zero attached hydrogens (tertiary/aromatic N) is 1. The summed E-state index contributed by atoms with van der Waals surface area (Å²) in [6, 6.07) is 3.64. The van der Waals surface area contributed by atoms with Crippen LogP contribution in [0.3, 0.4) is 0 Å². The Morgan fingerprint density at radius 1 is 1.50 bits per heavy atom. The Hall–Kier alpha value is -2.24. The van der Waals surface area contributed by atoms with Gasteiger partial charge in [-0.15, -0.1) is 0 Å². The Morgan fingerprint density at radius 3 is 2.85 bits per heavy atom. The van der Waals surface area contributed by atoms with Crippen LogP contribution in [0.15, 0.2) is 28.7 Å². The average Bonchev–Trinajstić information content (AvgIpc) is 3.02. The van der Waals surface area contributed by atoms with E-state index in [0.717, 1.165) is 5.76 Å². The molecule has 2 rings (SSSR count). The van der Waals surface area contributed by atoms with E-state index >= 15 is 0 Å². The number of methoxy groups -OCH3 is 1. The molecule has 6 nitrogen and oxygen atoms in total. The molecule has 0 aromatic carbocycles. The number of carbonyl (C=O) groups is 2. The molecule has 2 amide bonds. The summed E-state index contributed by atoms with van der Waals surface area (Å²) < 4.78 is 10.1. The zero-order chi connectivity index (χ0) is 14.8. The van der Waals surface area contributed by atoms with Crippen LogP contribution in [0.25, 0.3) is 0 Å². The smallest absolute Gasteiger partial charge is 0.410 e. The van der Waals surface area contributed by atoms with Crippen LogP contribution in [-0.2, 0) is 16.1 Å². The third-order valence-electron chi connectivity index (χ3n) is 3.36. The topological polar surface area (TPSA) is 71.8 Å². The normalized spacial score (nSPS) is 21.1. The molecule has 0 saturated heterocycles. The van der Waals surface area contributed by atoms with Crippen LogP contribution in [0.4, 0.5) is 4.79 Å². The van der Waals surface area contributed by atoms with E-state index in [1.54, 1.807) is 25.1 Å². The molecule has 1 N–H and O–H groups in total. The van der Waals surface area contributed by atoms with Crippen molar-refractivity contribution in [1.29, 1.82) is 0 Å². The Labute approximate surface area is 117 Å². The van der Waals surface area contributed by atoms with Crippen molar-refractivity contribution in [1.82, 2.24) is 10.2 Å². The molecule has 1 aromatic heterocycles. The summed E-state index contributed by atoms with van der Waals surface area (Å²) in [6.07, 6.45) is 2.95. The molecule has 0 bridgehead atoms. The molecule has 0 aliphatic carbocycles. The highest BCUT2D eigenvalue weighted by molar-refractivity contribution is 5.92. The lowest BCUT2D eigenvalue weighted by Gasteiger charge is -2.31. The van der Waals surface area contributed by atoms with Crippen LogP contribution in [0.5, 0.6) is 0 Å². The standard InChI is InChI=1S/C14H18N2O4/c1-10-5-6-11(20-10)9-15-12(17)14(2)7-4-8-16(14)13(18)19-3/h4-7H,8-9H2,1-3H3,(H,15,17). The third kappa shape index (κ3) is 2.54. The van der Waals surface area contributed by atoms with Crippen molar-refractivity contribution < 1.29 is 18.7 Å². The lowest BCUT2D eigenvalue weighted by Crippen LogP contribution is -2.55. The first kappa shape index (κ1) is 14.2. The molecule has 0 fully saturated rings. The second kappa shape index (κ2) is 5.40. The lowest BCUT2D eigenvalue weighted by atomic mass is 10.0. The van der Waals surface area contributed by atoms with Gasteiger partial charge in [-0.1, -0.05) is 12.2 Å². The van der Waals surface area contributed by atoms with Gasteiger partial charge in [-0.2, -0.15) is 0 Å². The van der Waals surface area contributed by atoms with Gasteiger partial charge < -0.3 is 14.5 Å². The average molecular weight is 278 g/mol. The van der Waals surface area contributed by atoms with Crippen molar-refractivity contribution in [3.63, 3.8) is 0 Å². The Bertz CT molecular complexity index is 549. The fourth-order valence-corrected chi connectivity index (χ4v) is 2.17. The molecule has 2 heterocycles. The van der Waals surface area contributed by atoms with Crippen molar-refractivity contribution in [2.45, 2.75) is 25.9 Å². The van der Waals surface area contributed by atoms with Gasteiger partial charge in [0.2, 0.25) is 5.91 Å². The minimum atomic E-state index is -1.03. The molecule has 108 valence electrons. The van der Waals surface area contributed by atoms with Gasteiger partial charge >= 0.3 is 6.09 Å². The minimum absolute atomic E-state index is 0.272. The van der Waals surface area contributed by atoms with Gasteiger partial charge in [0.1, 0.15) is 17.1 Å². The van der Waals surface area contributed by atoms with Crippen LogP contribution in [0.1, 0.15) is 18.4 Å². The third-order valence-corrected chi connectivity index (χ3v) is 3.36. The largest absolute Gasteiger partial charge is 0.465 e. The van der Waals surface area contributed by atoms with Gasteiger partial charge in [0.15, 0.2) is 0 Å². The van der Waals surface area contributed by atoms with Crippen LogP contribution in [0.2, 0.25) is 0 Å². The molecule has 1 unspecified atom stereocenters. The van der Waals surface area contributed by atoms with Gasteiger partial charge in [-0.05, 0) is 26.0 Å². The number of nitrogens with one attached hydrogen (secondary N) is 1. The van der Waals surface area contributed by atoms with Crippen LogP contribution < -0.4 is 5.32 Å². The van der Waals surface area contributed by atoms with E-state index in [4.69, 9.17) is 9.15 Å². The SMILES string of the molecule is COC(=O)N1CC=CC1(C)C(=O)NCc1ccc(C)o1. The quantitative estimate of drug-likeness (QED) is 0.852. The Kier molecular flexibility index (Phi) is 3.83. The molecular formula is C14H18N2O4. The first-order valence-corrected chi connectivity index (χ1v) is 6.34. The fourth-order valence-electron chi connectivity index (χ4n) is 2.17. The van der Waals surface area contributed by atoms with Crippen LogP contribution in [-0.4, -0.2) is 36.1 Å². The number of hydrogen-bond donors (Lipinski definition) is 1. The number of hydrogen-bond acceptors (Lipinski definition) is 4. The Morgan fingerprint density at radius 2 is 2.25 bits per heavy atom. The summed E-state index contributed by atoms with van der Waals surface area (Å²) in [5, 5.41) is 2.77. The van der Waals surface area contributed by atoms with E-state index in [-0.39, 0.29) is 12.5 Å². The summed E-state index contributed by atoms with van der Waals surface area (Å²) in [5.74, 6) is 1.19. The van der Waals surface area contributed by atoms with Gasteiger partial charge in [0.25, 0.3) is 0 Å². The van der Waals surface area contributed by atoms with E-state index in [0.29, 0.717) is 12.3 Å². The molecular weight excluding hydrogens is 260 g/mol. The van der Waals surface area contributed by atoms with Crippen molar-refractivity contribution in [3.05, 3.63) is 35.8 Å². The highest BCUT2D eigenvalue weighted by Gasteiger charge is 2.43. The highest BCUT2D eigenvalue weighted by Crippen LogP contribution is 2.24. The maximum Gasteiger partial charge on any atom is 0.410 e. The van der Waals surface area contributed by atoms with Crippen molar-refractivity contribution >= 4 is 12.0 Å². The van der Waals surface area contributed by atoms with E-state index < -0.39 is 11.6 Å². The van der Waals surface area contributed by atoms with Gasteiger partial charge in [-0.3, -0.25) is 9.69 Å². The zero-order valence-electron chi connectivity index (χ0n) is 11.8. The summed E-state index contributed by atoms with van der Waals surface area (Å²) in [7, 11) is 1.30. The highest BCUT2D eigenvalue weighted by atomic mass is 16.5. The van der Waals surface area contributed by atoms with Crippen molar-refractivity contribution in [3.8, 4) is 0 Å². The Balaban J connectivity index is 2.03. The molecule has 20 heavy (non-hydrogen) atoms. The fraction of sp³-hybridized carbons (Fsp3) is 0.429. The van der Waals surface area contributed by atoms with E-state index in [2.05, 4.69) is 5.32 Å². The molecule has 0 spiro atoms. The maximum absolute atomic E-state index is 12.3. The molecule has 1 atom stereocenters. The summed E-state index contributed by atoms with van der Waals surface area (Å²) in [6.45, 7) is 4.16. The van der Waals surface area contributed by atoms with E-state index in [1.807, 2.05) is 13.0 Å². The number of rotatable bonds is 3. The predicted molar refractivity (Wildman–Crippen MR) is 71.9 cm³/mol. The summed E-state index contributed by atoms with van der Waals surface area (Å²) in [4.78, 5) is 25.4. The number of carbonyl (C=O) groups excluding carboxylic acids is 2. The monoisotopic (exact) mass is 278 g/mol. The number of aryl methyl sites for hydroxylation is 1. The lowest BCUT2D eigenvalue weighted by molar-refractivity contribution is -0.128. The molecule has 1 aliphatic heterocycles. The van der Waals surface area contributed by atoms with E-state index in [1.165, 1.54) is 12.0 Å². The van der Waals surface area contributed by atoms with Crippen molar-refractivity contribution in [2.75, 3.05) is 13.7 Å². The minimum Gasteiger partial charge on any atom is -0.465 e. The number of amides is 2. The first-order valence-electron chi connectivity index (χ1n) is 6.34. The first-order chi connectivity index (χ1) is 9.47. The molecule has 0 radical (unpaired) electrons. The molecule has 6 heteroatoms. The zero-order valence-corrected chi connectivity index (χ0v) is 11.8. The van der Waals surface area contributed by atoms with Crippen LogP contribution in [0, 0.1) is 6.92 Å². The molecule has 1 aliphatic rings. The van der Waals surface area contributed by atoms with Gasteiger partial charge in [0.05, 0.1) is 13.7 Å². The second-order valence-electron chi connectivity index (χ2n) is 4.83. The molecule has 0 saturated carbocycles.